The number of hydrogen-bond acceptors (Lipinski definition) is 4. The maximum absolute atomic E-state index is 13.6. The lowest BCUT2D eigenvalue weighted by Gasteiger charge is -2.29. The molecule has 0 bridgehead atoms. The Labute approximate surface area is 159 Å². The molecule has 0 radical (unpaired) electrons. The summed E-state index contributed by atoms with van der Waals surface area (Å²) >= 11 is 0. The SMILES string of the molecule is CC1CCN(S(=O)(=O)c2ccc(C(=O)CNc3ccccc3F)cc2)CC1. The van der Waals surface area contributed by atoms with Crippen molar-refractivity contribution in [1.82, 2.24) is 4.31 Å². The average molecular weight is 390 g/mol. The number of carbonyl (C=O) groups is 1. The predicted octanol–water partition coefficient (Wildman–Crippen LogP) is 3.54. The van der Waals surface area contributed by atoms with Crippen molar-refractivity contribution in [2.75, 3.05) is 25.0 Å². The minimum absolute atomic E-state index is 0.0724. The highest BCUT2D eigenvalue weighted by atomic mass is 32.2. The summed E-state index contributed by atoms with van der Waals surface area (Å²) in [6.07, 6.45) is 1.72. The molecule has 1 fully saturated rings. The highest BCUT2D eigenvalue weighted by molar-refractivity contribution is 7.89. The van der Waals surface area contributed by atoms with Crippen molar-refractivity contribution < 1.29 is 17.6 Å². The van der Waals surface area contributed by atoms with Crippen molar-refractivity contribution in [1.29, 1.82) is 0 Å². The number of sulfonamides is 1. The smallest absolute Gasteiger partial charge is 0.243 e. The Kier molecular flexibility index (Phi) is 5.92. The van der Waals surface area contributed by atoms with Gasteiger partial charge in [0.25, 0.3) is 0 Å². The topological polar surface area (TPSA) is 66.5 Å². The van der Waals surface area contributed by atoms with Gasteiger partial charge in [-0.3, -0.25) is 4.79 Å². The largest absolute Gasteiger partial charge is 0.375 e. The third-order valence-corrected chi connectivity index (χ3v) is 6.78. The summed E-state index contributed by atoms with van der Waals surface area (Å²) in [6, 6.07) is 12.1. The maximum Gasteiger partial charge on any atom is 0.243 e. The summed E-state index contributed by atoms with van der Waals surface area (Å²) in [7, 11) is -3.53. The molecule has 2 aromatic carbocycles. The molecule has 7 heteroatoms. The van der Waals surface area contributed by atoms with Crippen molar-refractivity contribution >= 4 is 21.5 Å². The van der Waals surface area contributed by atoms with E-state index in [-0.39, 0.29) is 22.9 Å². The molecule has 3 rings (SSSR count). The second-order valence-corrected chi connectivity index (χ2v) is 8.81. The Morgan fingerprint density at radius 3 is 2.37 bits per heavy atom. The quantitative estimate of drug-likeness (QED) is 0.766. The molecule has 5 nitrogen and oxygen atoms in total. The van der Waals surface area contributed by atoms with Gasteiger partial charge in [-0.05, 0) is 55.2 Å². The van der Waals surface area contributed by atoms with E-state index in [4.69, 9.17) is 0 Å². The molecule has 2 aromatic rings. The number of halogens is 1. The molecule has 0 atom stereocenters. The van der Waals surface area contributed by atoms with Gasteiger partial charge >= 0.3 is 0 Å². The van der Waals surface area contributed by atoms with Crippen LogP contribution in [0.3, 0.4) is 0 Å². The normalized spacial score (nSPS) is 16.2. The summed E-state index contributed by atoms with van der Waals surface area (Å²) in [5.41, 5.74) is 0.634. The van der Waals surface area contributed by atoms with Gasteiger partial charge in [-0.15, -0.1) is 0 Å². The molecular weight excluding hydrogens is 367 g/mol. The number of hydrogen-bond donors (Lipinski definition) is 1. The fourth-order valence-electron chi connectivity index (χ4n) is 3.07. The zero-order valence-corrected chi connectivity index (χ0v) is 16.0. The van der Waals surface area contributed by atoms with Gasteiger partial charge in [0.05, 0.1) is 17.1 Å². The minimum atomic E-state index is -3.53. The van der Waals surface area contributed by atoms with Crippen LogP contribution in [0, 0.1) is 11.7 Å². The molecule has 144 valence electrons. The molecule has 0 amide bonds. The van der Waals surface area contributed by atoms with Crippen LogP contribution < -0.4 is 5.32 Å². The van der Waals surface area contributed by atoms with E-state index in [9.17, 15) is 17.6 Å². The van der Waals surface area contributed by atoms with E-state index in [1.165, 1.54) is 34.6 Å². The number of nitrogens with zero attached hydrogens (tertiary/aromatic N) is 1. The molecule has 0 spiro atoms. The summed E-state index contributed by atoms with van der Waals surface area (Å²) in [6.45, 7) is 3.10. The van der Waals surface area contributed by atoms with Crippen LogP contribution in [0.25, 0.3) is 0 Å². The Morgan fingerprint density at radius 1 is 1.11 bits per heavy atom. The first-order chi connectivity index (χ1) is 12.9. The monoisotopic (exact) mass is 390 g/mol. The van der Waals surface area contributed by atoms with Crippen molar-refractivity contribution in [2.24, 2.45) is 5.92 Å². The van der Waals surface area contributed by atoms with Crippen LogP contribution in [0.15, 0.2) is 53.4 Å². The van der Waals surface area contributed by atoms with Crippen LogP contribution in [0.2, 0.25) is 0 Å². The van der Waals surface area contributed by atoms with E-state index in [1.54, 1.807) is 18.2 Å². The zero-order valence-electron chi connectivity index (χ0n) is 15.2. The standard InChI is InChI=1S/C20H23FN2O3S/c1-15-10-12-23(13-11-15)27(25,26)17-8-6-16(7-9-17)20(24)14-22-19-5-3-2-4-18(19)21/h2-9,15,22H,10-14H2,1H3. The second-order valence-electron chi connectivity index (χ2n) is 6.87. The number of rotatable bonds is 6. The zero-order chi connectivity index (χ0) is 19.4. The van der Waals surface area contributed by atoms with Gasteiger partial charge in [-0.1, -0.05) is 19.1 Å². The lowest BCUT2D eigenvalue weighted by molar-refractivity contribution is 0.101. The van der Waals surface area contributed by atoms with Crippen LogP contribution in [0.1, 0.15) is 30.1 Å². The summed E-state index contributed by atoms with van der Waals surface area (Å²) in [4.78, 5) is 12.5. The molecule has 1 heterocycles. The Bertz CT molecular complexity index is 905. The Morgan fingerprint density at radius 2 is 1.74 bits per heavy atom. The number of ketones is 1. The van der Waals surface area contributed by atoms with Crippen molar-refractivity contribution in [3.63, 3.8) is 0 Å². The van der Waals surface area contributed by atoms with Crippen LogP contribution in [0.5, 0.6) is 0 Å². The van der Waals surface area contributed by atoms with E-state index in [2.05, 4.69) is 12.2 Å². The highest BCUT2D eigenvalue weighted by Crippen LogP contribution is 2.23. The number of para-hydroxylation sites is 1. The first-order valence-electron chi connectivity index (χ1n) is 9.00. The average Bonchev–Trinajstić information content (AvgIpc) is 2.67. The van der Waals surface area contributed by atoms with Crippen molar-refractivity contribution in [3.8, 4) is 0 Å². The van der Waals surface area contributed by atoms with E-state index in [1.807, 2.05) is 0 Å². The second kappa shape index (κ2) is 8.19. The molecule has 0 unspecified atom stereocenters. The number of benzene rings is 2. The lowest BCUT2D eigenvalue weighted by Crippen LogP contribution is -2.37. The molecule has 1 aliphatic rings. The number of Topliss-reactive ketones (excluding diaryl/α,β-unsaturated/α-hetero) is 1. The molecule has 0 saturated carbocycles. The number of nitrogens with one attached hydrogen (secondary N) is 1. The lowest BCUT2D eigenvalue weighted by atomic mass is 10.0. The fraction of sp³-hybridized carbons (Fsp3) is 0.350. The summed E-state index contributed by atoms with van der Waals surface area (Å²) in [5, 5.41) is 2.76. The molecule has 0 aliphatic carbocycles. The van der Waals surface area contributed by atoms with E-state index in [0.29, 0.717) is 24.6 Å². The number of carbonyl (C=O) groups excluding carboxylic acids is 1. The van der Waals surface area contributed by atoms with Gasteiger partial charge in [0.2, 0.25) is 10.0 Å². The third-order valence-electron chi connectivity index (χ3n) is 4.87. The molecule has 0 aromatic heterocycles. The van der Waals surface area contributed by atoms with Crippen LogP contribution in [0.4, 0.5) is 10.1 Å². The van der Waals surface area contributed by atoms with Crippen molar-refractivity contribution in [3.05, 3.63) is 59.9 Å². The van der Waals surface area contributed by atoms with Crippen LogP contribution >= 0.6 is 0 Å². The molecule has 27 heavy (non-hydrogen) atoms. The van der Waals surface area contributed by atoms with Gasteiger partial charge in [0.15, 0.2) is 5.78 Å². The molecular formula is C20H23FN2O3S. The van der Waals surface area contributed by atoms with E-state index in [0.717, 1.165) is 12.8 Å². The van der Waals surface area contributed by atoms with Crippen LogP contribution in [-0.4, -0.2) is 38.1 Å². The highest BCUT2D eigenvalue weighted by Gasteiger charge is 2.28. The van der Waals surface area contributed by atoms with Gasteiger partial charge in [0, 0.05) is 18.7 Å². The number of piperidine rings is 1. The summed E-state index contributed by atoms with van der Waals surface area (Å²) < 4.78 is 40.5. The third kappa shape index (κ3) is 4.54. The van der Waals surface area contributed by atoms with Gasteiger partial charge in [-0.25, -0.2) is 12.8 Å². The van der Waals surface area contributed by atoms with Crippen LogP contribution in [-0.2, 0) is 10.0 Å². The fourth-order valence-corrected chi connectivity index (χ4v) is 4.54. The molecule has 1 saturated heterocycles. The van der Waals surface area contributed by atoms with Gasteiger partial charge < -0.3 is 5.32 Å². The van der Waals surface area contributed by atoms with E-state index >= 15 is 0 Å². The maximum atomic E-state index is 13.6. The van der Waals surface area contributed by atoms with Gasteiger partial charge in [-0.2, -0.15) is 4.31 Å². The Balaban J connectivity index is 1.66. The number of anilines is 1. The minimum Gasteiger partial charge on any atom is -0.375 e. The first-order valence-corrected chi connectivity index (χ1v) is 10.4. The van der Waals surface area contributed by atoms with Gasteiger partial charge in [0.1, 0.15) is 5.82 Å². The van der Waals surface area contributed by atoms with E-state index < -0.39 is 15.8 Å². The molecule has 1 N–H and O–H groups in total. The Hall–Kier alpha value is -2.25. The predicted molar refractivity (Wildman–Crippen MR) is 103 cm³/mol. The van der Waals surface area contributed by atoms with Crippen molar-refractivity contribution in [2.45, 2.75) is 24.7 Å². The summed E-state index contributed by atoms with van der Waals surface area (Å²) in [5.74, 6) is -0.130. The first kappa shape index (κ1) is 19.5. The molecule has 1 aliphatic heterocycles.